The first-order valence-electron chi connectivity index (χ1n) is 8.44. The average Bonchev–Trinajstić information content (AvgIpc) is 3.26. The van der Waals surface area contributed by atoms with Crippen LogP contribution in [0.15, 0.2) is 27.9 Å². The maximum absolute atomic E-state index is 5.33. The molecule has 2 aromatic rings. The van der Waals surface area contributed by atoms with Gasteiger partial charge in [-0.15, -0.1) is 46.7 Å². The van der Waals surface area contributed by atoms with Crippen molar-refractivity contribution in [2.75, 3.05) is 27.7 Å². The zero-order valence-corrected chi connectivity index (χ0v) is 20.0. The van der Waals surface area contributed by atoms with Gasteiger partial charge < -0.3 is 15.0 Å². The number of thiophene rings is 1. The molecule has 5 nitrogen and oxygen atoms in total. The molecule has 0 saturated carbocycles. The number of nitrogens with one attached hydrogen (secondary N) is 1. The van der Waals surface area contributed by atoms with Gasteiger partial charge in [-0.25, -0.2) is 4.98 Å². The minimum atomic E-state index is 0. The molecule has 2 rings (SSSR count). The Morgan fingerprint density at radius 2 is 2.15 bits per heavy atom. The van der Waals surface area contributed by atoms with Crippen molar-refractivity contribution in [3.8, 4) is 0 Å². The van der Waals surface area contributed by atoms with E-state index in [0.29, 0.717) is 5.92 Å². The molecule has 0 spiro atoms. The van der Waals surface area contributed by atoms with Crippen molar-refractivity contribution in [1.82, 2.24) is 15.2 Å². The SMILES string of the molecule is CN=C(NCC(C)Cc1cccs1)N(C)Cc1csc(C(C)OC)n1.I. The fourth-order valence-corrected chi connectivity index (χ4v) is 4.21. The summed E-state index contributed by atoms with van der Waals surface area (Å²) in [7, 11) is 5.57. The van der Waals surface area contributed by atoms with E-state index in [1.54, 1.807) is 18.4 Å². The lowest BCUT2D eigenvalue weighted by Gasteiger charge is -2.22. The van der Waals surface area contributed by atoms with Gasteiger partial charge in [-0.1, -0.05) is 13.0 Å². The molecule has 1 N–H and O–H groups in total. The Labute approximate surface area is 181 Å². The maximum atomic E-state index is 5.33. The van der Waals surface area contributed by atoms with Crippen LogP contribution in [-0.4, -0.2) is 43.6 Å². The monoisotopic (exact) mass is 508 g/mol. The number of guanidine groups is 1. The van der Waals surface area contributed by atoms with E-state index >= 15 is 0 Å². The van der Waals surface area contributed by atoms with Crippen LogP contribution in [0.25, 0.3) is 0 Å². The van der Waals surface area contributed by atoms with Crippen molar-refractivity contribution in [1.29, 1.82) is 0 Å². The zero-order valence-electron chi connectivity index (χ0n) is 16.1. The summed E-state index contributed by atoms with van der Waals surface area (Å²) in [5.74, 6) is 1.45. The highest BCUT2D eigenvalue weighted by Gasteiger charge is 2.13. The van der Waals surface area contributed by atoms with Crippen LogP contribution in [-0.2, 0) is 17.7 Å². The third kappa shape index (κ3) is 7.13. The summed E-state index contributed by atoms with van der Waals surface area (Å²) in [6.07, 6.45) is 1.13. The van der Waals surface area contributed by atoms with E-state index in [1.165, 1.54) is 4.88 Å². The van der Waals surface area contributed by atoms with Crippen molar-refractivity contribution >= 4 is 52.6 Å². The predicted octanol–water partition coefficient (Wildman–Crippen LogP) is 4.42. The van der Waals surface area contributed by atoms with E-state index in [-0.39, 0.29) is 30.1 Å². The molecule has 8 heteroatoms. The third-order valence-electron chi connectivity index (χ3n) is 3.98. The van der Waals surface area contributed by atoms with Gasteiger partial charge in [-0.05, 0) is 30.7 Å². The van der Waals surface area contributed by atoms with Crippen LogP contribution in [0.2, 0.25) is 0 Å². The molecule has 0 radical (unpaired) electrons. The molecular weight excluding hydrogens is 479 g/mol. The van der Waals surface area contributed by atoms with Gasteiger partial charge in [-0.3, -0.25) is 4.99 Å². The van der Waals surface area contributed by atoms with Crippen LogP contribution in [0.1, 0.15) is 35.5 Å². The number of methoxy groups -OCH3 is 1. The molecule has 0 saturated heterocycles. The van der Waals surface area contributed by atoms with Gasteiger partial charge in [0.05, 0.1) is 12.2 Å². The van der Waals surface area contributed by atoms with Crippen LogP contribution in [0.5, 0.6) is 0 Å². The number of nitrogens with zero attached hydrogens (tertiary/aromatic N) is 3. The van der Waals surface area contributed by atoms with Gasteiger partial charge in [0.2, 0.25) is 0 Å². The molecule has 2 atom stereocenters. The standard InChI is InChI=1S/C18H28N4OS2.HI/c1-13(9-16-7-6-8-24-16)10-20-18(19-3)22(4)11-15-12-25-17(21-15)14(2)23-5;/h6-8,12-14H,9-11H2,1-5H3,(H,19,20);1H. The summed E-state index contributed by atoms with van der Waals surface area (Å²) in [5.41, 5.74) is 1.04. The highest BCUT2D eigenvalue weighted by molar-refractivity contribution is 14.0. The molecule has 2 unspecified atom stereocenters. The number of rotatable bonds is 8. The number of halogens is 1. The summed E-state index contributed by atoms with van der Waals surface area (Å²) < 4.78 is 5.33. The van der Waals surface area contributed by atoms with Crippen molar-refractivity contribution < 1.29 is 4.74 Å². The van der Waals surface area contributed by atoms with Crippen LogP contribution < -0.4 is 5.32 Å². The van der Waals surface area contributed by atoms with Crippen molar-refractivity contribution in [2.45, 2.75) is 32.9 Å². The summed E-state index contributed by atoms with van der Waals surface area (Å²) in [6.45, 7) is 5.91. The second-order valence-electron chi connectivity index (χ2n) is 6.23. The number of aliphatic imine (C=N–C) groups is 1. The molecular formula is C18H29IN4OS2. The van der Waals surface area contributed by atoms with Gasteiger partial charge in [0.1, 0.15) is 11.1 Å². The molecule has 2 aromatic heterocycles. The van der Waals surface area contributed by atoms with Crippen LogP contribution >= 0.6 is 46.7 Å². The summed E-state index contributed by atoms with van der Waals surface area (Å²) in [5, 5.41) is 8.71. The third-order valence-corrected chi connectivity index (χ3v) is 5.94. The predicted molar refractivity (Wildman–Crippen MR) is 123 cm³/mol. The van der Waals surface area contributed by atoms with Gasteiger partial charge in [0.15, 0.2) is 5.96 Å². The molecule has 0 bridgehead atoms. The Morgan fingerprint density at radius 3 is 2.77 bits per heavy atom. The van der Waals surface area contributed by atoms with E-state index < -0.39 is 0 Å². The Morgan fingerprint density at radius 1 is 1.38 bits per heavy atom. The van der Waals surface area contributed by atoms with E-state index in [2.05, 4.69) is 50.0 Å². The van der Waals surface area contributed by atoms with Gasteiger partial charge in [0.25, 0.3) is 0 Å². The topological polar surface area (TPSA) is 49.8 Å². The maximum Gasteiger partial charge on any atom is 0.193 e. The Bertz CT molecular complexity index is 660. The first kappa shape index (κ1) is 23.3. The summed E-state index contributed by atoms with van der Waals surface area (Å²) in [4.78, 5) is 12.6. The zero-order chi connectivity index (χ0) is 18.2. The highest BCUT2D eigenvalue weighted by atomic mass is 127. The fourth-order valence-electron chi connectivity index (χ4n) is 2.50. The summed E-state index contributed by atoms with van der Waals surface area (Å²) in [6, 6.07) is 4.31. The normalized spacial score (nSPS) is 13.8. The van der Waals surface area contributed by atoms with Crippen LogP contribution in [0.4, 0.5) is 0 Å². The number of ether oxygens (including phenoxy) is 1. The van der Waals surface area contributed by atoms with E-state index in [1.807, 2.05) is 32.4 Å². The fraction of sp³-hybridized carbons (Fsp3) is 0.556. The largest absolute Gasteiger partial charge is 0.375 e. The molecule has 26 heavy (non-hydrogen) atoms. The molecule has 0 fully saturated rings. The van der Waals surface area contributed by atoms with Crippen molar-refractivity contribution in [2.24, 2.45) is 10.9 Å². The minimum Gasteiger partial charge on any atom is -0.375 e. The molecule has 0 aliphatic heterocycles. The second kappa shape index (κ2) is 11.9. The smallest absolute Gasteiger partial charge is 0.193 e. The number of aromatic nitrogens is 1. The van der Waals surface area contributed by atoms with Crippen LogP contribution in [0.3, 0.4) is 0 Å². The molecule has 0 aliphatic rings. The number of hydrogen-bond donors (Lipinski definition) is 1. The van der Waals surface area contributed by atoms with E-state index in [9.17, 15) is 0 Å². The average molecular weight is 508 g/mol. The molecule has 2 heterocycles. The van der Waals surface area contributed by atoms with Gasteiger partial charge in [-0.2, -0.15) is 0 Å². The first-order chi connectivity index (χ1) is 12.0. The lowest BCUT2D eigenvalue weighted by Crippen LogP contribution is -2.40. The van der Waals surface area contributed by atoms with Crippen molar-refractivity contribution in [3.63, 3.8) is 0 Å². The van der Waals surface area contributed by atoms with Gasteiger partial charge >= 0.3 is 0 Å². The van der Waals surface area contributed by atoms with Gasteiger partial charge in [0, 0.05) is 38.0 Å². The van der Waals surface area contributed by atoms with E-state index in [0.717, 1.165) is 36.2 Å². The molecule has 0 aromatic carbocycles. The lowest BCUT2D eigenvalue weighted by atomic mass is 10.1. The van der Waals surface area contributed by atoms with Crippen LogP contribution in [0, 0.1) is 5.92 Å². The molecule has 0 amide bonds. The number of thiazole rings is 1. The first-order valence-corrected chi connectivity index (χ1v) is 10.2. The Balaban J connectivity index is 0.00000338. The lowest BCUT2D eigenvalue weighted by molar-refractivity contribution is 0.119. The second-order valence-corrected chi connectivity index (χ2v) is 8.15. The Kier molecular flexibility index (Phi) is 10.7. The minimum absolute atomic E-state index is 0. The highest BCUT2D eigenvalue weighted by Crippen LogP contribution is 2.21. The molecule has 0 aliphatic carbocycles. The summed E-state index contributed by atoms with van der Waals surface area (Å²) >= 11 is 3.46. The van der Waals surface area contributed by atoms with Crippen molar-refractivity contribution in [3.05, 3.63) is 38.5 Å². The quantitative estimate of drug-likeness (QED) is 0.326. The Hall–Kier alpha value is -0.710. The molecule has 146 valence electrons. The van der Waals surface area contributed by atoms with E-state index in [4.69, 9.17) is 4.74 Å². The number of hydrogen-bond acceptors (Lipinski definition) is 5.